The van der Waals surface area contributed by atoms with Crippen molar-refractivity contribution in [3.05, 3.63) is 100 Å². The lowest BCUT2D eigenvalue weighted by Gasteiger charge is -2.37. The monoisotopic (exact) mass is 465 g/mol. The summed E-state index contributed by atoms with van der Waals surface area (Å²) in [5.41, 5.74) is 3.76. The Morgan fingerprint density at radius 2 is 1.76 bits per heavy atom. The summed E-state index contributed by atoms with van der Waals surface area (Å²) in [5.74, 6) is -0.720. The fourth-order valence-electron chi connectivity index (χ4n) is 4.09. The van der Waals surface area contributed by atoms with E-state index in [1.54, 1.807) is 23.1 Å². The van der Waals surface area contributed by atoms with Gasteiger partial charge in [-0.3, -0.25) is 4.90 Å². The van der Waals surface area contributed by atoms with Crippen LogP contribution in [0.1, 0.15) is 28.3 Å². The lowest BCUT2D eigenvalue weighted by molar-refractivity contribution is -0.139. The van der Waals surface area contributed by atoms with Crippen LogP contribution in [0.5, 0.6) is 5.75 Å². The lowest BCUT2D eigenvalue weighted by Crippen LogP contribution is -2.41. The van der Waals surface area contributed by atoms with E-state index in [1.165, 1.54) is 0 Å². The van der Waals surface area contributed by atoms with E-state index in [0.29, 0.717) is 35.7 Å². The van der Waals surface area contributed by atoms with Crippen molar-refractivity contribution < 1.29 is 24.2 Å². The van der Waals surface area contributed by atoms with Crippen molar-refractivity contribution in [2.45, 2.75) is 18.9 Å². The van der Waals surface area contributed by atoms with Crippen LogP contribution in [0.3, 0.4) is 0 Å². The summed E-state index contributed by atoms with van der Waals surface area (Å²) in [7, 11) is 0. The molecule has 1 aliphatic rings. The molecule has 1 unspecified atom stereocenters. The van der Waals surface area contributed by atoms with Crippen LogP contribution in [0.15, 0.2) is 72.8 Å². The zero-order valence-electron chi connectivity index (χ0n) is 17.9. The highest BCUT2D eigenvalue weighted by Crippen LogP contribution is 2.40. The molecule has 1 atom stereocenters. The van der Waals surface area contributed by atoms with E-state index in [9.17, 15) is 9.59 Å². The fourth-order valence-corrected chi connectivity index (χ4v) is 4.27. The second-order valence-electron chi connectivity index (χ2n) is 7.76. The van der Waals surface area contributed by atoms with Gasteiger partial charge >= 0.3 is 12.1 Å². The van der Waals surface area contributed by atoms with Gasteiger partial charge < -0.3 is 14.6 Å². The number of ether oxygens (including phenoxy) is 2. The van der Waals surface area contributed by atoms with Crippen LogP contribution < -0.4 is 4.74 Å². The van der Waals surface area contributed by atoms with Crippen molar-refractivity contribution in [3.8, 4) is 5.75 Å². The Morgan fingerprint density at radius 1 is 1.00 bits per heavy atom. The third-order valence-corrected chi connectivity index (χ3v) is 5.83. The molecule has 3 aromatic carbocycles. The molecule has 1 aliphatic heterocycles. The Hall–Kier alpha value is -3.51. The second kappa shape index (κ2) is 10.4. The molecule has 0 saturated carbocycles. The molecule has 0 saturated heterocycles. The number of hydrogen-bond acceptors (Lipinski definition) is 4. The summed E-state index contributed by atoms with van der Waals surface area (Å²) in [6, 6.07) is 22.2. The topological polar surface area (TPSA) is 76.1 Å². The maximum Gasteiger partial charge on any atom is 0.410 e. The minimum atomic E-state index is -1.09. The Bertz CT molecular complexity index is 1130. The molecule has 1 heterocycles. The minimum Gasteiger partial charge on any atom is -0.482 e. The van der Waals surface area contributed by atoms with E-state index >= 15 is 0 Å². The first-order chi connectivity index (χ1) is 16.0. The maximum atomic E-state index is 13.2. The zero-order chi connectivity index (χ0) is 23.2. The first-order valence-corrected chi connectivity index (χ1v) is 11.1. The number of carboxylic acids is 1. The molecule has 33 heavy (non-hydrogen) atoms. The number of benzene rings is 3. The molecule has 3 aromatic rings. The van der Waals surface area contributed by atoms with E-state index in [-0.39, 0.29) is 6.61 Å². The number of carboxylic acid groups (broad SMARTS) is 1. The maximum absolute atomic E-state index is 13.2. The molecule has 0 aromatic heterocycles. The van der Waals surface area contributed by atoms with Crippen molar-refractivity contribution >= 4 is 23.7 Å². The van der Waals surface area contributed by atoms with Gasteiger partial charge in [0.05, 0.1) is 12.6 Å². The van der Waals surface area contributed by atoms with Crippen LogP contribution >= 0.6 is 11.6 Å². The van der Waals surface area contributed by atoms with E-state index in [0.717, 1.165) is 16.7 Å². The highest BCUT2D eigenvalue weighted by Gasteiger charge is 2.35. The molecular formula is C26H24ClNO5. The highest BCUT2D eigenvalue weighted by atomic mass is 35.5. The number of nitrogens with zero attached hydrogens (tertiary/aromatic N) is 1. The van der Waals surface area contributed by atoms with E-state index < -0.39 is 24.7 Å². The summed E-state index contributed by atoms with van der Waals surface area (Å²) >= 11 is 6.30. The van der Waals surface area contributed by atoms with E-state index in [2.05, 4.69) is 0 Å². The number of carbonyl (C=O) groups is 2. The number of halogens is 1. The molecule has 0 bridgehead atoms. The Balaban J connectivity index is 1.63. The Kier molecular flexibility index (Phi) is 7.15. The van der Waals surface area contributed by atoms with Crippen molar-refractivity contribution in [3.63, 3.8) is 0 Å². The van der Waals surface area contributed by atoms with Crippen LogP contribution in [0.2, 0.25) is 5.02 Å². The van der Waals surface area contributed by atoms with Crippen LogP contribution in [-0.4, -0.2) is 41.8 Å². The molecule has 0 fully saturated rings. The molecule has 0 spiro atoms. The summed E-state index contributed by atoms with van der Waals surface area (Å²) in [6.07, 6.45) is 0.868. The number of fused-ring (bicyclic) bond motifs is 1. The van der Waals surface area contributed by atoms with Crippen LogP contribution in [-0.2, 0) is 22.4 Å². The summed E-state index contributed by atoms with van der Waals surface area (Å²) in [6.45, 7) is 0.215. The van der Waals surface area contributed by atoms with Crippen LogP contribution in [0, 0.1) is 0 Å². The standard InChI is InChI=1S/C26H24ClNO5/c27-20-10-11-23(33-17-24(29)30)22(16-20)25-21-9-5-4-8-19(21)12-14-28(25)26(31)32-15-13-18-6-2-1-3-7-18/h1-11,16,25H,12-15,17H2,(H,29,30). The predicted octanol–water partition coefficient (Wildman–Crippen LogP) is 5.13. The molecule has 170 valence electrons. The highest BCUT2D eigenvalue weighted by molar-refractivity contribution is 6.30. The van der Waals surface area contributed by atoms with Crippen molar-refractivity contribution in [1.29, 1.82) is 0 Å². The molecule has 4 rings (SSSR count). The second-order valence-corrected chi connectivity index (χ2v) is 8.20. The number of hydrogen-bond donors (Lipinski definition) is 1. The summed E-state index contributed by atoms with van der Waals surface area (Å²) < 4.78 is 11.2. The van der Waals surface area contributed by atoms with Gasteiger partial charge in [-0.2, -0.15) is 0 Å². The summed E-state index contributed by atoms with van der Waals surface area (Å²) in [4.78, 5) is 25.9. The molecule has 0 radical (unpaired) electrons. The normalized spacial score (nSPS) is 14.9. The number of carbonyl (C=O) groups excluding carboxylic acids is 1. The van der Waals surface area contributed by atoms with Crippen molar-refractivity contribution in [2.24, 2.45) is 0 Å². The lowest BCUT2D eigenvalue weighted by atomic mass is 9.88. The van der Waals surface area contributed by atoms with Crippen molar-refractivity contribution in [2.75, 3.05) is 19.8 Å². The summed E-state index contributed by atoms with van der Waals surface area (Å²) in [5, 5.41) is 9.55. The van der Waals surface area contributed by atoms with Crippen LogP contribution in [0.4, 0.5) is 4.79 Å². The number of amides is 1. The Morgan fingerprint density at radius 3 is 2.55 bits per heavy atom. The average molecular weight is 466 g/mol. The molecule has 1 amide bonds. The zero-order valence-corrected chi connectivity index (χ0v) is 18.7. The van der Waals surface area contributed by atoms with Gasteiger partial charge in [0.25, 0.3) is 0 Å². The number of aliphatic carboxylic acids is 1. The number of rotatable bonds is 7. The first kappa shape index (κ1) is 22.7. The van der Waals surface area contributed by atoms with Crippen molar-refractivity contribution in [1.82, 2.24) is 4.90 Å². The minimum absolute atomic E-state index is 0.256. The van der Waals surface area contributed by atoms with Gasteiger partial charge in [0.2, 0.25) is 0 Å². The third kappa shape index (κ3) is 5.46. The van der Waals surface area contributed by atoms with Gasteiger partial charge in [-0.15, -0.1) is 0 Å². The molecule has 6 nitrogen and oxygen atoms in total. The molecule has 0 aliphatic carbocycles. The van der Waals surface area contributed by atoms with Gasteiger partial charge in [-0.25, -0.2) is 9.59 Å². The molecule has 1 N–H and O–H groups in total. The predicted molar refractivity (Wildman–Crippen MR) is 125 cm³/mol. The van der Waals surface area contributed by atoms with Gasteiger partial charge in [0.15, 0.2) is 6.61 Å². The van der Waals surface area contributed by atoms with Gasteiger partial charge in [0, 0.05) is 23.6 Å². The Labute approximate surface area is 197 Å². The molecule has 7 heteroatoms. The first-order valence-electron chi connectivity index (χ1n) is 10.7. The smallest absolute Gasteiger partial charge is 0.410 e. The van der Waals surface area contributed by atoms with E-state index in [4.69, 9.17) is 26.2 Å². The molecular weight excluding hydrogens is 442 g/mol. The van der Waals surface area contributed by atoms with Gasteiger partial charge in [-0.05, 0) is 41.3 Å². The average Bonchev–Trinajstić information content (AvgIpc) is 2.83. The van der Waals surface area contributed by atoms with Gasteiger partial charge in [-0.1, -0.05) is 66.2 Å². The van der Waals surface area contributed by atoms with Gasteiger partial charge in [0.1, 0.15) is 5.75 Å². The largest absolute Gasteiger partial charge is 0.482 e. The van der Waals surface area contributed by atoms with Crippen LogP contribution in [0.25, 0.3) is 0 Å². The van der Waals surface area contributed by atoms with E-state index in [1.807, 2.05) is 54.6 Å². The quantitative estimate of drug-likeness (QED) is 0.523. The fraction of sp³-hybridized carbons (Fsp3) is 0.231. The third-order valence-electron chi connectivity index (χ3n) is 5.59. The SMILES string of the molecule is O=C(O)COc1ccc(Cl)cc1C1c2ccccc2CCN1C(=O)OCCc1ccccc1.